The summed E-state index contributed by atoms with van der Waals surface area (Å²) >= 11 is 0. The average molecular weight is 267 g/mol. The van der Waals surface area contributed by atoms with E-state index in [-0.39, 0.29) is 0 Å². The van der Waals surface area contributed by atoms with Gasteiger partial charge in [0.1, 0.15) is 5.82 Å². The van der Waals surface area contributed by atoms with Crippen LogP contribution in [0.25, 0.3) is 11.4 Å². The zero-order chi connectivity index (χ0) is 13.5. The normalized spacial score (nSPS) is 15.3. The highest BCUT2D eigenvalue weighted by Gasteiger charge is 2.30. The maximum absolute atomic E-state index is 12.7. The van der Waals surface area contributed by atoms with Gasteiger partial charge in [-0.1, -0.05) is 12.1 Å². The van der Waals surface area contributed by atoms with Crippen molar-refractivity contribution < 1.29 is 13.2 Å². The van der Waals surface area contributed by atoms with Crippen LogP contribution in [0.1, 0.15) is 24.2 Å². The van der Waals surface area contributed by atoms with Crippen molar-refractivity contribution in [2.75, 3.05) is 0 Å². The van der Waals surface area contributed by atoms with Crippen molar-refractivity contribution in [1.29, 1.82) is 0 Å². The minimum atomic E-state index is -4.34. The predicted octanol–water partition coefficient (Wildman–Crippen LogP) is 3.30. The van der Waals surface area contributed by atoms with E-state index in [0.29, 0.717) is 11.4 Å². The molecule has 0 radical (unpaired) electrons. The summed E-state index contributed by atoms with van der Waals surface area (Å²) < 4.78 is 39.8. The van der Waals surface area contributed by atoms with Crippen LogP contribution in [0, 0.1) is 0 Å². The van der Waals surface area contributed by atoms with Gasteiger partial charge in [-0.3, -0.25) is 0 Å². The highest BCUT2D eigenvalue weighted by atomic mass is 19.4. The molecule has 1 aromatic heterocycles. The summed E-state index contributed by atoms with van der Waals surface area (Å²) in [5.41, 5.74) is -0.255. The number of fused-ring (bicyclic) bond motifs is 1. The van der Waals surface area contributed by atoms with Crippen LogP contribution in [0.3, 0.4) is 0 Å². The Hall–Kier alpha value is -1.85. The highest BCUT2D eigenvalue weighted by molar-refractivity contribution is 5.56. The largest absolute Gasteiger partial charge is 0.416 e. The van der Waals surface area contributed by atoms with Crippen molar-refractivity contribution in [3.63, 3.8) is 0 Å². The fourth-order valence-electron chi connectivity index (χ4n) is 2.24. The number of benzene rings is 1. The van der Waals surface area contributed by atoms with Crippen LogP contribution in [0.4, 0.5) is 13.2 Å². The minimum absolute atomic E-state index is 0.378. The van der Waals surface area contributed by atoms with Gasteiger partial charge in [-0.15, -0.1) is 0 Å². The zero-order valence-corrected chi connectivity index (χ0v) is 10.1. The fourth-order valence-corrected chi connectivity index (χ4v) is 2.24. The first-order valence-corrected chi connectivity index (χ1v) is 6.15. The molecule has 0 N–H and O–H groups in total. The molecule has 0 saturated carbocycles. The van der Waals surface area contributed by atoms with Crippen molar-refractivity contribution in [3.05, 3.63) is 35.7 Å². The first-order chi connectivity index (χ1) is 9.04. The van der Waals surface area contributed by atoms with Gasteiger partial charge in [0.05, 0.1) is 5.56 Å². The third kappa shape index (κ3) is 2.34. The summed E-state index contributed by atoms with van der Waals surface area (Å²) in [6.07, 6.45) is -1.40. The van der Waals surface area contributed by atoms with E-state index in [9.17, 15) is 13.2 Å². The van der Waals surface area contributed by atoms with Crippen molar-refractivity contribution in [1.82, 2.24) is 14.8 Å². The first-order valence-electron chi connectivity index (χ1n) is 6.15. The highest BCUT2D eigenvalue weighted by Crippen LogP contribution is 2.31. The Morgan fingerprint density at radius 2 is 2.00 bits per heavy atom. The first kappa shape index (κ1) is 12.2. The second-order valence-corrected chi connectivity index (χ2v) is 4.61. The molecule has 0 saturated heterocycles. The second kappa shape index (κ2) is 4.36. The lowest BCUT2D eigenvalue weighted by Gasteiger charge is -2.09. The van der Waals surface area contributed by atoms with Gasteiger partial charge < -0.3 is 0 Å². The Kier molecular flexibility index (Phi) is 2.80. The van der Waals surface area contributed by atoms with Crippen molar-refractivity contribution >= 4 is 0 Å². The molecule has 100 valence electrons. The molecule has 0 spiro atoms. The molecule has 6 heteroatoms. The Bertz CT molecular complexity index is 578. The molecule has 2 heterocycles. The SMILES string of the molecule is FC(F)(F)c1cccc(-c2nc3n(n2)CCCC3)c1. The lowest BCUT2D eigenvalue weighted by Crippen LogP contribution is -2.11. The Balaban J connectivity index is 2.00. The number of halogens is 3. The molecule has 19 heavy (non-hydrogen) atoms. The topological polar surface area (TPSA) is 30.7 Å². The Labute approximate surface area is 108 Å². The summed E-state index contributed by atoms with van der Waals surface area (Å²) in [4.78, 5) is 4.33. The third-order valence-electron chi connectivity index (χ3n) is 3.22. The van der Waals surface area contributed by atoms with Gasteiger partial charge in [0.25, 0.3) is 0 Å². The summed E-state index contributed by atoms with van der Waals surface area (Å²) in [7, 11) is 0. The third-order valence-corrected chi connectivity index (χ3v) is 3.22. The minimum Gasteiger partial charge on any atom is -0.249 e. The van der Waals surface area contributed by atoms with Gasteiger partial charge in [-0.05, 0) is 25.0 Å². The number of alkyl halides is 3. The molecule has 0 amide bonds. The molecule has 0 fully saturated rings. The van der Waals surface area contributed by atoms with E-state index in [0.717, 1.165) is 43.8 Å². The summed E-state index contributed by atoms with van der Waals surface area (Å²) in [5.74, 6) is 1.24. The van der Waals surface area contributed by atoms with Crippen LogP contribution < -0.4 is 0 Å². The van der Waals surface area contributed by atoms with Crippen LogP contribution >= 0.6 is 0 Å². The molecular formula is C13H12F3N3. The standard InChI is InChI=1S/C13H12F3N3/c14-13(15,16)10-5-3-4-9(8-10)12-17-11-6-1-2-7-19(11)18-12/h3-5,8H,1-2,6-7H2. The van der Waals surface area contributed by atoms with E-state index in [4.69, 9.17) is 0 Å². The van der Waals surface area contributed by atoms with Gasteiger partial charge in [0.2, 0.25) is 0 Å². The molecule has 1 aliphatic rings. The van der Waals surface area contributed by atoms with E-state index in [2.05, 4.69) is 10.1 Å². The van der Waals surface area contributed by atoms with E-state index in [1.54, 1.807) is 10.7 Å². The Morgan fingerprint density at radius 3 is 2.74 bits per heavy atom. The maximum Gasteiger partial charge on any atom is 0.416 e. The number of aryl methyl sites for hydroxylation is 2. The summed E-state index contributed by atoms with van der Waals surface area (Å²) in [6, 6.07) is 5.15. The number of hydrogen-bond acceptors (Lipinski definition) is 2. The van der Waals surface area contributed by atoms with Crippen LogP contribution in [0.2, 0.25) is 0 Å². The van der Waals surface area contributed by atoms with Gasteiger partial charge >= 0.3 is 6.18 Å². The van der Waals surface area contributed by atoms with E-state index >= 15 is 0 Å². The van der Waals surface area contributed by atoms with E-state index in [1.165, 1.54) is 6.07 Å². The van der Waals surface area contributed by atoms with Crippen LogP contribution in [0.5, 0.6) is 0 Å². The predicted molar refractivity (Wildman–Crippen MR) is 63.4 cm³/mol. The van der Waals surface area contributed by atoms with E-state index in [1.807, 2.05) is 0 Å². The smallest absolute Gasteiger partial charge is 0.249 e. The number of hydrogen-bond donors (Lipinski definition) is 0. The fraction of sp³-hybridized carbons (Fsp3) is 0.385. The zero-order valence-electron chi connectivity index (χ0n) is 10.1. The van der Waals surface area contributed by atoms with Gasteiger partial charge in [-0.25, -0.2) is 9.67 Å². The molecule has 3 nitrogen and oxygen atoms in total. The van der Waals surface area contributed by atoms with Crippen molar-refractivity contribution in [2.24, 2.45) is 0 Å². The van der Waals surface area contributed by atoms with Gasteiger partial charge in [0, 0.05) is 18.5 Å². The lowest BCUT2D eigenvalue weighted by atomic mass is 10.1. The van der Waals surface area contributed by atoms with Gasteiger partial charge in [0.15, 0.2) is 5.82 Å². The molecule has 1 aromatic carbocycles. The van der Waals surface area contributed by atoms with Crippen LogP contribution in [0.15, 0.2) is 24.3 Å². The van der Waals surface area contributed by atoms with Crippen LogP contribution in [-0.2, 0) is 19.1 Å². The number of aromatic nitrogens is 3. The molecule has 1 aliphatic heterocycles. The molecular weight excluding hydrogens is 255 g/mol. The maximum atomic E-state index is 12.7. The van der Waals surface area contributed by atoms with Gasteiger partial charge in [-0.2, -0.15) is 18.3 Å². The average Bonchev–Trinajstić information content (AvgIpc) is 2.81. The number of nitrogens with zero attached hydrogens (tertiary/aromatic N) is 3. The van der Waals surface area contributed by atoms with Crippen LogP contribution in [-0.4, -0.2) is 14.8 Å². The molecule has 0 unspecified atom stereocenters. The lowest BCUT2D eigenvalue weighted by molar-refractivity contribution is -0.137. The molecule has 0 atom stereocenters. The number of rotatable bonds is 1. The van der Waals surface area contributed by atoms with Crippen molar-refractivity contribution in [3.8, 4) is 11.4 Å². The summed E-state index contributed by atoms with van der Waals surface area (Å²) in [5, 5.41) is 4.28. The molecule has 2 aromatic rings. The quantitative estimate of drug-likeness (QED) is 0.793. The molecule has 0 aliphatic carbocycles. The molecule has 0 bridgehead atoms. The van der Waals surface area contributed by atoms with E-state index < -0.39 is 11.7 Å². The van der Waals surface area contributed by atoms with Crippen molar-refractivity contribution in [2.45, 2.75) is 32.0 Å². The second-order valence-electron chi connectivity index (χ2n) is 4.61. The summed E-state index contributed by atoms with van der Waals surface area (Å²) in [6.45, 7) is 0.793. The Morgan fingerprint density at radius 1 is 1.16 bits per heavy atom. The monoisotopic (exact) mass is 267 g/mol. The molecule has 3 rings (SSSR count).